The third-order valence-electron chi connectivity index (χ3n) is 2.73. The molecule has 0 aliphatic heterocycles. The number of nitrogens with zero attached hydrogens (tertiary/aromatic N) is 2. The van der Waals surface area contributed by atoms with Crippen LogP contribution in [-0.4, -0.2) is 27.4 Å². The molecule has 0 bridgehead atoms. The zero-order valence-corrected chi connectivity index (χ0v) is 12.4. The molecule has 0 spiro atoms. The second kappa shape index (κ2) is 5.91. The fourth-order valence-corrected chi connectivity index (χ4v) is 1.82. The molecule has 0 atom stereocenters. The highest BCUT2D eigenvalue weighted by Crippen LogP contribution is 2.13. The standard InChI is InChI=1S/C16H18N2O3/c1-16(2,3)21-15(20)13-6-4-12(5-7-13)8-18-9-14(10-19)17-11-18/h4-7,9-11H,8H2,1-3H3. The van der Waals surface area contributed by atoms with Crippen LogP contribution in [0.2, 0.25) is 0 Å². The van der Waals surface area contributed by atoms with Crippen LogP contribution in [0.4, 0.5) is 0 Å². The van der Waals surface area contributed by atoms with Crippen molar-refractivity contribution in [1.29, 1.82) is 0 Å². The van der Waals surface area contributed by atoms with Crippen LogP contribution in [0, 0.1) is 0 Å². The number of benzene rings is 1. The average molecular weight is 286 g/mol. The van der Waals surface area contributed by atoms with E-state index in [9.17, 15) is 9.59 Å². The molecule has 0 radical (unpaired) electrons. The van der Waals surface area contributed by atoms with Crippen LogP contribution in [0.3, 0.4) is 0 Å². The molecule has 0 saturated heterocycles. The maximum absolute atomic E-state index is 11.9. The van der Waals surface area contributed by atoms with E-state index in [0.717, 1.165) is 5.56 Å². The van der Waals surface area contributed by atoms with Crippen LogP contribution >= 0.6 is 0 Å². The molecule has 0 unspecified atom stereocenters. The molecule has 5 nitrogen and oxygen atoms in total. The van der Waals surface area contributed by atoms with Crippen LogP contribution in [0.5, 0.6) is 0 Å². The monoisotopic (exact) mass is 286 g/mol. The summed E-state index contributed by atoms with van der Waals surface area (Å²) in [6.07, 6.45) is 3.99. The Morgan fingerprint density at radius 2 is 1.95 bits per heavy atom. The molecular formula is C16H18N2O3. The molecule has 110 valence electrons. The number of imidazole rings is 1. The Kier molecular flexibility index (Phi) is 4.21. The quantitative estimate of drug-likeness (QED) is 0.640. The molecule has 0 N–H and O–H groups in total. The first-order valence-corrected chi connectivity index (χ1v) is 6.66. The summed E-state index contributed by atoms with van der Waals surface area (Å²) in [5.74, 6) is -0.333. The van der Waals surface area contributed by atoms with Crippen LogP contribution in [-0.2, 0) is 11.3 Å². The van der Waals surface area contributed by atoms with E-state index in [0.29, 0.717) is 24.1 Å². The topological polar surface area (TPSA) is 61.2 Å². The minimum atomic E-state index is -0.502. The highest BCUT2D eigenvalue weighted by Gasteiger charge is 2.17. The molecule has 1 aromatic carbocycles. The molecule has 2 aromatic rings. The Hall–Kier alpha value is -2.43. The molecule has 0 amide bonds. The molecule has 21 heavy (non-hydrogen) atoms. The van der Waals surface area contributed by atoms with Crippen molar-refractivity contribution in [2.45, 2.75) is 32.9 Å². The number of hydrogen-bond donors (Lipinski definition) is 0. The van der Waals surface area contributed by atoms with E-state index in [4.69, 9.17) is 4.74 Å². The van der Waals surface area contributed by atoms with E-state index in [2.05, 4.69) is 4.98 Å². The summed E-state index contributed by atoms with van der Waals surface area (Å²) in [7, 11) is 0. The Morgan fingerprint density at radius 3 is 2.48 bits per heavy atom. The average Bonchev–Trinajstić information content (AvgIpc) is 2.85. The van der Waals surface area contributed by atoms with Gasteiger partial charge in [0.1, 0.15) is 11.3 Å². The van der Waals surface area contributed by atoms with E-state index >= 15 is 0 Å². The van der Waals surface area contributed by atoms with Gasteiger partial charge in [0, 0.05) is 12.7 Å². The lowest BCUT2D eigenvalue weighted by Gasteiger charge is -2.19. The lowest BCUT2D eigenvalue weighted by atomic mass is 10.1. The first-order chi connectivity index (χ1) is 9.87. The van der Waals surface area contributed by atoms with E-state index in [1.165, 1.54) is 0 Å². The number of carbonyl (C=O) groups excluding carboxylic acids is 2. The summed E-state index contributed by atoms with van der Waals surface area (Å²) < 4.78 is 7.12. The third-order valence-corrected chi connectivity index (χ3v) is 2.73. The summed E-state index contributed by atoms with van der Waals surface area (Å²) in [5, 5.41) is 0. The largest absolute Gasteiger partial charge is 0.456 e. The highest BCUT2D eigenvalue weighted by atomic mass is 16.6. The second-order valence-corrected chi connectivity index (χ2v) is 5.79. The van der Waals surface area contributed by atoms with Crippen molar-refractivity contribution in [3.63, 3.8) is 0 Å². The summed E-state index contributed by atoms with van der Waals surface area (Å²) in [4.78, 5) is 26.4. The van der Waals surface area contributed by atoms with Gasteiger partial charge in [-0.3, -0.25) is 4.79 Å². The van der Waals surface area contributed by atoms with Crippen molar-refractivity contribution in [2.75, 3.05) is 0 Å². The van der Waals surface area contributed by atoms with E-state index in [-0.39, 0.29) is 5.97 Å². The number of esters is 1. The van der Waals surface area contributed by atoms with E-state index in [1.807, 2.05) is 37.5 Å². The molecule has 0 saturated carbocycles. The van der Waals surface area contributed by atoms with Gasteiger partial charge in [-0.2, -0.15) is 0 Å². The SMILES string of the molecule is CC(C)(C)OC(=O)c1ccc(Cn2cnc(C=O)c2)cc1. The van der Waals surface area contributed by atoms with Gasteiger partial charge in [0.2, 0.25) is 0 Å². The van der Waals surface area contributed by atoms with Gasteiger partial charge in [-0.05, 0) is 38.5 Å². The summed E-state index contributed by atoms with van der Waals surface area (Å²) >= 11 is 0. The van der Waals surface area contributed by atoms with Crippen molar-refractivity contribution in [2.24, 2.45) is 0 Å². The van der Waals surface area contributed by atoms with Crippen molar-refractivity contribution < 1.29 is 14.3 Å². The number of ether oxygens (including phenoxy) is 1. The zero-order chi connectivity index (χ0) is 15.5. The van der Waals surface area contributed by atoms with Crippen LogP contribution in [0.1, 0.15) is 47.2 Å². The van der Waals surface area contributed by atoms with Gasteiger partial charge >= 0.3 is 5.97 Å². The molecular weight excluding hydrogens is 268 g/mol. The minimum absolute atomic E-state index is 0.333. The second-order valence-electron chi connectivity index (χ2n) is 5.79. The van der Waals surface area contributed by atoms with Gasteiger partial charge in [0.05, 0.1) is 11.9 Å². The van der Waals surface area contributed by atoms with Gasteiger partial charge in [0.25, 0.3) is 0 Å². The van der Waals surface area contributed by atoms with Crippen LogP contribution in [0.25, 0.3) is 0 Å². The van der Waals surface area contributed by atoms with Crippen LogP contribution < -0.4 is 0 Å². The number of aromatic nitrogens is 2. The van der Waals surface area contributed by atoms with Gasteiger partial charge in [-0.25, -0.2) is 9.78 Å². The maximum atomic E-state index is 11.9. The molecule has 2 rings (SSSR count). The minimum Gasteiger partial charge on any atom is -0.456 e. The lowest BCUT2D eigenvalue weighted by molar-refractivity contribution is 0.00694. The summed E-state index contributed by atoms with van der Waals surface area (Å²) in [6, 6.07) is 7.20. The Bertz CT molecular complexity index is 636. The first-order valence-electron chi connectivity index (χ1n) is 6.66. The molecule has 0 aliphatic rings. The van der Waals surface area contributed by atoms with E-state index < -0.39 is 5.60 Å². The van der Waals surface area contributed by atoms with Gasteiger partial charge < -0.3 is 9.30 Å². The molecule has 0 fully saturated rings. The maximum Gasteiger partial charge on any atom is 0.338 e. The highest BCUT2D eigenvalue weighted by molar-refractivity contribution is 5.89. The fourth-order valence-electron chi connectivity index (χ4n) is 1.82. The first kappa shape index (κ1) is 15.0. The Morgan fingerprint density at radius 1 is 1.29 bits per heavy atom. The normalized spacial score (nSPS) is 11.2. The summed E-state index contributed by atoms with van der Waals surface area (Å²) in [6.45, 7) is 6.10. The predicted octanol–water partition coefficient (Wildman–Crippen LogP) is 2.70. The van der Waals surface area contributed by atoms with Crippen molar-refractivity contribution in [3.8, 4) is 0 Å². The molecule has 5 heteroatoms. The predicted molar refractivity (Wildman–Crippen MR) is 78.3 cm³/mol. The Labute approximate surface area is 123 Å². The molecule has 1 heterocycles. The van der Waals surface area contributed by atoms with E-state index in [1.54, 1.807) is 24.7 Å². The van der Waals surface area contributed by atoms with Gasteiger partial charge in [-0.1, -0.05) is 12.1 Å². The zero-order valence-electron chi connectivity index (χ0n) is 12.4. The number of aldehydes is 1. The molecule has 0 aliphatic carbocycles. The van der Waals surface area contributed by atoms with Crippen molar-refractivity contribution in [3.05, 3.63) is 53.6 Å². The van der Waals surface area contributed by atoms with Crippen LogP contribution in [0.15, 0.2) is 36.8 Å². The number of carbonyl (C=O) groups is 2. The lowest BCUT2D eigenvalue weighted by Crippen LogP contribution is -2.23. The van der Waals surface area contributed by atoms with Gasteiger partial charge in [0.15, 0.2) is 6.29 Å². The number of rotatable bonds is 4. The Balaban J connectivity index is 2.05. The van der Waals surface area contributed by atoms with Crippen molar-refractivity contribution >= 4 is 12.3 Å². The molecule has 1 aromatic heterocycles. The third kappa shape index (κ3) is 4.27. The van der Waals surface area contributed by atoms with Gasteiger partial charge in [-0.15, -0.1) is 0 Å². The smallest absolute Gasteiger partial charge is 0.338 e. The summed E-state index contributed by atoms with van der Waals surface area (Å²) in [5.41, 5.74) is 1.43. The number of hydrogen-bond acceptors (Lipinski definition) is 4. The van der Waals surface area contributed by atoms with Crippen molar-refractivity contribution in [1.82, 2.24) is 9.55 Å². The fraction of sp³-hybridized carbons (Fsp3) is 0.312.